The van der Waals surface area contributed by atoms with E-state index in [4.69, 9.17) is 16.3 Å². The third kappa shape index (κ3) is 4.28. The van der Waals surface area contributed by atoms with Crippen LogP contribution in [0.1, 0.15) is 30.5 Å². The Kier molecular flexibility index (Phi) is 6.56. The summed E-state index contributed by atoms with van der Waals surface area (Å²) in [7, 11) is 0. The number of aliphatic hydroxyl groups excluding tert-OH is 2. The van der Waals surface area contributed by atoms with Gasteiger partial charge in [-0.15, -0.1) is 0 Å². The number of Topliss-reactive ketones (excluding diaryl/α,β-unsaturated/α-hetero) is 1. The maximum absolute atomic E-state index is 12.8. The lowest BCUT2D eigenvalue weighted by molar-refractivity contribution is -0.140. The number of ether oxygens (including phenoxy) is 1. The molecule has 2 N–H and O–H groups in total. The van der Waals surface area contributed by atoms with Gasteiger partial charge in [0.25, 0.3) is 11.7 Å². The van der Waals surface area contributed by atoms with Crippen LogP contribution in [0, 0.1) is 0 Å². The Hall–Kier alpha value is -2.83. The van der Waals surface area contributed by atoms with Gasteiger partial charge in [-0.2, -0.15) is 0 Å². The molecule has 0 aliphatic carbocycles. The summed E-state index contributed by atoms with van der Waals surface area (Å²) in [4.78, 5) is 26.8. The average molecular weight is 416 g/mol. The fraction of sp³-hybridized carbons (Fsp3) is 0.273. The van der Waals surface area contributed by atoms with Gasteiger partial charge in [-0.25, -0.2) is 0 Å². The Morgan fingerprint density at radius 1 is 1.17 bits per heavy atom. The molecule has 0 bridgehead atoms. The SMILES string of the molecule is CCOc1ccc(/C(O)=C2/C(=O)C(=O)N(CCCO)C2c2cccc(Cl)c2)cc1. The maximum atomic E-state index is 12.8. The van der Waals surface area contributed by atoms with Crippen LogP contribution in [-0.4, -0.2) is 46.6 Å². The molecule has 1 aliphatic rings. The van der Waals surface area contributed by atoms with Crippen molar-refractivity contribution in [1.82, 2.24) is 4.90 Å². The number of nitrogens with zero attached hydrogens (tertiary/aromatic N) is 1. The van der Waals surface area contributed by atoms with E-state index in [1.807, 2.05) is 6.92 Å². The first-order chi connectivity index (χ1) is 14.0. The molecule has 0 radical (unpaired) electrons. The first-order valence-corrected chi connectivity index (χ1v) is 9.73. The lowest BCUT2D eigenvalue weighted by Gasteiger charge is -2.25. The van der Waals surface area contributed by atoms with Gasteiger partial charge in [0.2, 0.25) is 0 Å². The van der Waals surface area contributed by atoms with Crippen LogP contribution < -0.4 is 4.74 Å². The number of hydrogen-bond donors (Lipinski definition) is 2. The number of benzene rings is 2. The first kappa shape index (κ1) is 20.9. The molecule has 1 unspecified atom stereocenters. The highest BCUT2D eigenvalue weighted by molar-refractivity contribution is 6.46. The Bertz CT molecular complexity index is 938. The zero-order valence-electron chi connectivity index (χ0n) is 16.0. The molecule has 1 aliphatic heterocycles. The number of rotatable bonds is 7. The van der Waals surface area contributed by atoms with Crippen LogP contribution in [0.5, 0.6) is 5.75 Å². The Morgan fingerprint density at radius 2 is 1.90 bits per heavy atom. The predicted molar refractivity (Wildman–Crippen MR) is 110 cm³/mol. The van der Waals surface area contributed by atoms with Crippen LogP contribution >= 0.6 is 11.6 Å². The lowest BCUT2D eigenvalue weighted by atomic mass is 9.95. The molecule has 152 valence electrons. The van der Waals surface area contributed by atoms with Gasteiger partial charge in [-0.3, -0.25) is 9.59 Å². The van der Waals surface area contributed by atoms with Crippen molar-refractivity contribution in [3.63, 3.8) is 0 Å². The Balaban J connectivity index is 2.10. The van der Waals surface area contributed by atoms with Gasteiger partial charge in [0, 0.05) is 23.7 Å². The summed E-state index contributed by atoms with van der Waals surface area (Å²) in [6.45, 7) is 2.44. The van der Waals surface area contributed by atoms with E-state index in [1.165, 1.54) is 4.90 Å². The van der Waals surface area contributed by atoms with Gasteiger partial charge >= 0.3 is 0 Å². The number of halogens is 1. The van der Waals surface area contributed by atoms with Gasteiger partial charge < -0.3 is 19.8 Å². The number of ketones is 1. The second kappa shape index (κ2) is 9.11. The molecule has 0 spiro atoms. The zero-order chi connectivity index (χ0) is 21.0. The Labute approximate surface area is 174 Å². The molecule has 6 nitrogen and oxygen atoms in total. The quantitative estimate of drug-likeness (QED) is 0.410. The van der Waals surface area contributed by atoms with E-state index in [1.54, 1.807) is 48.5 Å². The smallest absolute Gasteiger partial charge is 0.295 e. The summed E-state index contributed by atoms with van der Waals surface area (Å²) in [5.74, 6) is -1.10. The first-order valence-electron chi connectivity index (χ1n) is 9.36. The number of carbonyl (C=O) groups is 2. The molecule has 1 amide bonds. The van der Waals surface area contributed by atoms with E-state index in [0.717, 1.165) is 0 Å². The lowest BCUT2D eigenvalue weighted by Crippen LogP contribution is -2.31. The number of aliphatic hydroxyl groups is 2. The van der Waals surface area contributed by atoms with E-state index in [-0.39, 0.29) is 24.5 Å². The minimum absolute atomic E-state index is 0.000587. The summed E-state index contributed by atoms with van der Waals surface area (Å²) < 4.78 is 5.40. The van der Waals surface area contributed by atoms with Gasteiger partial charge in [0.15, 0.2) is 0 Å². The fourth-order valence-corrected chi connectivity index (χ4v) is 3.60. The van der Waals surface area contributed by atoms with Crippen molar-refractivity contribution in [3.8, 4) is 5.75 Å². The molecule has 0 saturated carbocycles. The third-order valence-electron chi connectivity index (χ3n) is 4.70. The van der Waals surface area contributed by atoms with Crippen molar-refractivity contribution < 1.29 is 24.5 Å². The van der Waals surface area contributed by atoms with Gasteiger partial charge in [0.1, 0.15) is 11.5 Å². The van der Waals surface area contributed by atoms with E-state index >= 15 is 0 Å². The molecule has 0 aromatic heterocycles. The minimum atomic E-state index is -0.785. The van der Waals surface area contributed by atoms with Crippen molar-refractivity contribution in [2.75, 3.05) is 19.8 Å². The molecule has 7 heteroatoms. The third-order valence-corrected chi connectivity index (χ3v) is 4.94. The van der Waals surface area contributed by atoms with Crippen molar-refractivity contribution in [3.05, 3.63) is 70.3 Å². The van der Waals surface area contributed by atoms with Crippen LogP contribution in [0.3, 0.4) is 0 Å². The largest absolute Gasteiger partial charge is 0.507 e. The standard InChI is InChI=1S/C22H22ClNO5/c1-2-29-17-9-7-14(8-10-17)20(26)18-19(15-5-3-6-16(23)13-15)24(11-4-12-25)22(28)21(18)27/h3,5-10,13,19,25-26H,2,4,11-12H2,1H3/b20-18-. The summed E-state index contributed by atoms with van der Waals surface area (Å²) in [6.07, 6.45) is 0.313. The van der Waals surface area contributed by atoms with Crippen molar-refractivity contribution in [1.29, 1.82) is 0 Å². The monoisotopic (exact) mass is 415 g/mol. The topological polar surface area (TPSA) is 87.1 Å². The molecule has 3 rings (SSSR count). The number of amides is 1. The second-order valence-electron chi connectivity index (χ2n) is 6.58. The van der Waals surface area contributed by atoms with Crippen molar-refractivity contribution in [2.24, 2.45) is 0 Å². The molecule has 1 saturated heterocycles. The van der Waals surface area contributed by atoms with E-state index in [0.29, 0.717) is 34.9 Å². The van der Waals surface area contributed by atoms with Gasteiger partial charge in [-0.05, 0) is 55.3 Å². The normalized spacial score (nSPS) is 18.3. The van der Waals surface area contributed by atoms with Gasteiger partial charge in [0.05, 0.1) is 18.2 Å². The van der Waals surface area contributed by atoms with Crippen LogP contribution in [0.2, 0.25) is 5.02 Å². The molecule has 29 heavy (non-hydrogen) atoms. The van der Waals surface area contributed by atoms with Crippen molar-refractivity contribution >= 4 is 29.1 Å². The van der Waals surface area contributed by atoms with Gasteiger partial charge in [-0.1, -0.05) is 23.7 Å². The Morgan fingerprint density at radius 3 is 2.52 bits per heavy atom. The fourth-order valence-electron chi connectivity index (χ4n) is 3.41. The van der Waals surface area contributed by atoms with E-state index < -0.39 is 17.7 Å². The highest BCUT2D eigenvalue weighted by atomic mass is 35.5. The summed E-state index contributed by atoms with van der Waals surface area (Å²) >= 11 is 6.12. The average Bonchev–Trinajstić information content (AvgIpc) is 2.97. The van der Waals surface area contributed by atoms with Crippen LogP contribution in [-0.2, 0) is 9.59 Å². The molecule has 2 aromatic carbocycles. The number of carbonyl (C=O) groups excluding carboxylic acids is 2. The van der Waals surface area contributed by atoms with E-state index in [9.17, 15) is 19.8 Å². The highest BCUT2D eigenvalue weighted by Gasteiger charge is 2.45. The van der Waals surface area contributed by atoms with Crippen LogP contribution in [0.25, 0.3) is 5.76 Å². The molecular formula is C22H22ClNO5. The second-order valence-corrected chi connectivity index (χ2v) is 7.02. The molecule has 1 atom stereocenters. The minimum Gasteiger partial charge on any atom is -0.507 e. The number of likely N-dealkylation sites (tertiary alicyclic amines) is 1. The highest BCUT2D eigenvalue weighted by Crippen LogP contribution is 2.40. The summed E-state index contributed by atoms with van der Waals surface area (Å²) in [5.41, 5.74) is 1.02. The number of hydrogen-bond acceptors (Lipinski definition) is 5. The maximum Gasteiger partial charge on any atom is 0.295 e. The molecular weight excluding hydrogens is 394 g/mol. The summed E-state index contributed by atoms with van der Waals surface area (Å²) in [5, 5.41) is 20.6. The molecule has 1 heterocycles. The summed E-state index contributed by atoms with van der Waals surface area (Å²) in [6, 6.07) is 12.7. The van der Waals surface area contributed by atoms with Crippen LogP contribution in [0.4, 0.5) is 0 Å². The van der Waals surface area contributed by atoms with Crippen LogP contribution in [0.15, 0.2) is 54.1 Å². The molecule has 2 aromatic rings. The predicted octanol–water partition coefficient (Wildman–Crippen LogP) is 3.54. The van der Waals surface area contributed by atoms with Crippen molar-refractivity contribution in [2.45, 2.75) is 19.4 Å². The van der Waals surface area contributed by atoms with E-state index in [2.05, 4.69) is 0 Å². The molecule has 1 fully saturated rings. The zero-order valence-corrected chi connectivity index (χ0v) is 16.7.